The Morgan fingerprint density at radius 3 is 2.22 bits per heavy atom. The zero-order valence-corrected chi connectivity index (χ0v) is 5.63. The van der Waals surface area contributed by atoms with Crippen LogP contribution in [0.15, 0.2) is 0 Å². The van der Waals surface area contributed by atoms with Gasteiger partial charge in [-0.05, 0) is 14.7 Å². The average Bonchev–Trinajstić information content (AvgIpc) is 1.63. The van der Waals surface area contributed by atoms with E-state index < -0.39 is 11.7 Å². The lowest BCUT2D eigenvalue weighted by Crippen LogP contribution is -1.96. The summed E-state index contributed by atoms with van der Waals surface area (Å²) < 4.78 is 0. The van der Waals surface area contributed by atoms with E-state index in [1.807, 2.05) is 0 Å². The minimum absolute atomic E-state index is 0.0508. The number of hydrogen-bond acceptors (Lipinski definition) is 2. The van der Waals surface area contributed by atoms with E-state index in [2.05, 4.69) is 0 Å². The molecule has 0 aromatic rings. The van der Waals surface area contributed by atoms with E-state index in [1.54, 1.807) is 0 Å². The number of carboxylic acids is 1. The summed E-state index contributed by atoms with van der Waals surface area (Å²) in [7, 11) is -0.283. The summed E-state index contributed by atoms with van der Waals surface area (Å²) in [4.78, 5) is 19.6. The molecule has 0 aromatic heterocycles. The van der Waals surface area contributed by atoms with Gasteiger partial charge in [-0.15, -0.1) is 0 Å². The zero-order chi connectivity index (χ0) is 7.28. The van der Waals surface area contributed by atoms with Gasteiger partial charge in [-0.1, -0.05) is 0 Å². The molecule has 0 aliphatic heterocycles. The lowest BCUT2D eigenvalue weighted by atomic mass is 10.5. The van der Waals surface area contributed by atoms with Crippen molar-refractivity contribution in [3.63, 3.8) is 0 Å². The van der Waals surface area contributed by atoms with Gasteiger partial charge in [-0.25, -0.2) is 4.79 Å². The molecule has 0 amide bonds. The number of carbonyl (C=O) groups is 2. The van der Waals surface area contributed by atoms with E-state index in [-0.39, 0.29) is 21.2 Å². The van der Waals surface area contributed by atoms with Crippen LogP contribution in [0.3, 0.4) is 0 Å². The van der Waals surface area contributed by atoms with Crippen molar-refractivity contribution in [1.29, 1.82) is 0 Å². The first-order valence-corrected chi connectivity index (χ1v) is 3.52. The number of carboxylic acid groups (broad SMARTS) is 2. The third-order valence-corrected chi connectivity index (χ3v) is 1.42. The molecule has 2 N–H and O–H groups in total. The summed E-state index contributed by atoms with van der Waals surface area (Å²) in [5.41, 5.74) is -0.920. The Morgan fingerprint density at radius 2 is 1.89 bits per heavy atom. The maximum Gasteiger partial charge on any atom is 0.320 e. The standard InChI is InChI=1S/C4H7O4P/c5-3(6)1-2-9-4(7)8/h9H,1-2H2,(H,5,6)(H,7,8). The molecule has 1 atom stereocenters. The number of rotatable bonds is 4. The maximum absolute atomic E-state index is 9.80. The molecule has 0 rings (SSSR count). The summed E-state index contributed by atoms with van der Waals surface area (Å²) in [6.45, 7) is 0. The van der Waals surface area contributed by atoms with Gasteiger partial charge in [-0.2, -0.15) is 0 Å². The van der Waals surface area contributed by atoms with Gasteiger partial charge in [0.1, 0.15) is 0 Å². The number of hydrogen-bond donors (Lipinski definition) is 2. The van der Waals surface area contributed by atoms with Crippen LogP contribution in [0.25, 0.3) is 0 Å². The Labute approximate surface area is 53.7 Å². The van der Waals surface area contributed by atoms with E-state index in [0.717, 1.165) is 0 Å². The van der Waals surface area contributed by atoms with Crippen molar-refractivity contribution in [3.8, 4) is 0 Å². The van der Waals surface area contributed by atoms with Crippen LogP contribution in [-0.2, 0) is 4.79 Å². The first-order chi connectivity index (χ1) is 4.13. The molecule has 0 aliphatic rings. The SMILES string of the molecule is O=C(O)CCPC(=O)O. The minimum Gasteiger partial charge on any atom is -0.481 e. The van der Waals surface area contributed by atoms with Crippen LogP contribution in [0, 0.1) is 0 Å². The molecule has 0 heterocycles. The van der Waals surface area contributed by atoms with Gasteiger partial charge in [0.05, 0.1) is 0 Å². The van der Waals surface area contributed by atoms with E-state index in [9.17, 15) is 9.59 Å². The minimum atomic E-state index is -0.941. The third kappa shape index (κ3) is 7.37. The molecule has 0 aromatic carbocycles. The second kappa shape index (κ2) is 4.27. The summed E-state index contributed by atoms with van der Waals surface area (Å²) in [6.07, 6.45) is 0.190. The second-order valence-corrected chi connectivity index (χ2v) is 2.66. The zero-order valence-electron chi connectivity index (χ0n) is 4.63. The molecule has 0 saturated heterocycles. The highest BCUT2D eigenvalue weighted by molar-refractivity contribution is 7.57. The summed E-state index contributed by atoms with van der Waals surface area (Å²) >= 11 is 0. The average molecular weight is 150 g/mol. The molecular weight excluding hydrogens is 143 g/mol. The van der Waals surface area contributed by atoms with E-state index >= 15 is 0 Å². The predicted octanol–water partition coefficient (Wildman–Crippen LogP) is 0.818. The fraction of sp³-hybridized carbons (Fsp3) is 0.500. The molecule has 0 fully saturated rings. The van der Waals surface area contributed by atoms with Crippen molar-refractivity contribution < 1.29 is 19.8 Å². The van der Waals surface area contributed by atoms with Crippen molar-refractivity contribution in [2.45, 2.75) is 6.42 Å². The van der Waals surface area contributed by atoms with Crippen LogP contribution in [0.5, 0.6) is 0 Å². The van der Waals surface area contributed by atoms with Crippen molar-refractivity contribution in [1.82, 2.24) is 0 Å². The Hall–Kier alpha value is -0.630. The Kier molecular flexibility index (Phi) is 3.97. The monoisotopic (exact) mass is 150 g/mol. The van der Waals surface area contributed by atoms with E-state index in [4.69, 9.17) is 10.2 Å². The first kappa shape index (κ1) is 8.37. The van der Waals surface area contributed by atoms with Crippen molar-refractivity contribution in [3.05, 3.63) is 0 Å². The summed E-state index contributed by atoms with van der Waals surface area (Å²) in [6, 6.07) is 0. The molecule has 0 spiro atoms. The van der Waals surface area contributed by atoms with Gasteiger partial charge in [-0.3, -0.25) is 4.79 Å². The van der Waals surface area contributed by atoms with Gasteiger partial charge in [0.2, 0.25) is 0 Å². The molecule has 5 heteroatoms. The third-order valence-electron chi connectivity index (χ3n) is 0.615. The highest BCUT2D eigenvalue weighted by Gasteiger charge is 1.99. The molecule has 0 radical (unpaired) electrons. The highest BCUT2D eigenvalue weighted by atomic mass is 31.1. The van der Waals surface area contributed by atoms with Gasteiger partial charge in [0.15, 0.2) is 0 Å². The van der Waals surface area contributed by atoms with Gasteiger partial charge in [0.25, 0.3) is 0 Å². The van der Waals surface area contributed by atoms with Gasteiger partial charge < -0.3 is 10.2 Å². The molecule has 0 saturated carbocycles. The van der Waals surface area contributed by atoms with Crippen LogP contribution >= 0.6 is 8.58 Å². The van der Waals surface area contributed by atoms with E-state index in [0.29, 0.717) is 0 Å². The smallest absolute Gasteiger partial charge is 0.320 e. The van der Waals surface area contributed by atoms with Gasteiger partial charge in [0, 0.05) is 6.42 Å². The Morgan fingerprint density at radius 1 is 1.33 bits per heavy atom. The lowest BCUT2D eigenvalue weighted by molar-refractivity contribution is -0.136. The second-order valence-electron chi connectivity index (χ2n) is 1.38. The molecule has 1 unspecified atom stereocenters. The molecule has 52 valence electrons. The highest BCUT2D eigenvalue weighted by Crippen LogP contribution is 2.10. The van der Waals surface area contributed by atoms with E-state index in [1.165, 1.54) is 0 Å². The van der Waals surface area contributed by atoms with Crippen LogP contribution in [-0.4, -0.2) is 28.1 Å². The Bertz CT molecular complexity index is 108. The van der Waals surface area contributed by atoms with Crippen molar-refractivity contribution in [2.24, 2.45) is 0 Å². The lowest BCUT2D eigenvalue weighted by Gasteiger charge is -1.89. The first-order valence-electron chi connectivity index (χ1n) is 2.31. The molecular formula is C4H7O4P. The molecule has 4 nitrogen and oxygen atoms in total. The van der Waals surface area contributed by atoms with Crippen LogP contribution in [0.4, 0.5) is 4.79 Å². The van der Waals surface area contributed by atoms with Crippen LogP contribution < -0.4 is 0 Å². The molecule has 0 aliphatic carbocycles. The fourth-order valence-corrected chi connectivity index (χ4v) is 0.829. The quantitative estimate of drug-likeness (QED) is 0.581. The maximum atomic E-state index is 9.80. The van der Waals surface area contributed by atoms with Crippen LogP contribution in [0.1, 0.15) is 6.42 Å². The number of aliphatic carboxylic acids is 1. The largest absolute Gasteiger partial charge is 0.481 e. The molecule has 9 heavy (non-hydrogen) atoms. The fourth-order valence-electron chi connectivity index (χ4n) is 0.276. The Balaban J connectivity index is 3.10. The molecule has 0 bridgehead atoms. The summed E-state index contributed by atoms with van der Waals surface area (Å²) in [5.74, 6) is -0.941. The predicted molar refractivity (Wildman–Crippen MR) is 33.5 cm³/mol. The summed E-state index contributed by atoms with van der Waals surface area (Å²) in [5, 5.41) is 16.1. The normalized spacial score (nSPS) is 10.2. The topological polar surface area (TPSA) is 74.6 Å². The van der Waals surface area contributed by atoms with Gasteiger partial charge >= 0.3 is 11.7 Å². The van der Waals surface area contributed by atoms with Crippen molar-refractivity contribution in [2.75, 3.05) is 6.16 Å². The van der Waals surface area contributed by atoms with Crippen molar-refractivity contribution >= 4 is 20.3 Å². The van der Waals surface area contributed by atoms with Crippen LogP contribution in [0.2, 0.25) is 0 Å².